The Morgan fingerprint density at radius 1 is 1.19 bits per heavy atom. The second kappa shape index (κ2) is 9.01. The van der Waals surface area contributed by atoms with E-state index in [4.69, 9.17) is 11.6 Å². The number of nitrogens with one attached hydrogen (secondary N) is 3. The lowest BCUT2D eigenvalue weighted by atomic mass is 10.0. The Bertz CT molecular complexity index is 676. The van der Waals surface area contributed by atoms with E-state index in [9.17, 15) is 9.59 Å². The summed E-state index contributed by atoms with van der Waals surface area (Å²) >= 11 is 6.27. The molecule has 1 aromatic carbocycles. The first kappa shape index (κ1) is 20.1. The molecule has 2 fully saturated rings. The zero-order valence-corrected chi connectivity index (χ0v) is 16.6. The average Bonchev–Trinajstić information content (AvgIpc) is 3.11. The summed E-state index contributed by atoms with van der Waals surface area (Å²) < 4.78 is 0. The van der Waals surface area contributed by atoms with Crippen molar-refractivity contribution in [2.24, 2.45) is 0 Å². The second-order valence-electron chi connectivity index (χ2n) is 7.47. The molecule has 2 amide bonds. The summed E-state index contributed by atoms with van der Waals surface area (Å²) in [4.78, 5) is 28.7. The molecule has 3 rings (SSSR count). The highest BCUT2D eigenvalue weighted by molar-refractivity contribution is 6.31. The van der Waals surface area contributed by atoms with E-state index < -0.39 is 0 Å². The van der Waals surface area contributed by atoms with Crippen molar-refractivity contribution in [3.05, 3.63) is 34.9 Å². The van der Waals surface area contributed by atoms with Gasteiger partial charge in [-0.15, -0.1) is 0 Å². The first-order chi connectivity index (χ1) is 12.9. The van der Waals surface area contributed by atoms with Crippen LogP contribution < -0.4 is 16.2 Å². The van der Waals surface area contributed by atoms with E-state index in [1.165, 1.54) is 0 Å². The van der Waals surface area contributed by atoms with Crippen molar-refractivity contribution in [3.63, 3.8) is 0 Å². The van der Waals surface area contributed by atoms with Gasteiger partial charge in [0.1, 0.15) is 6.04 Å². The summed E-state index contributed by atoms with van der Waals surface area (Å²) in [5, 5.41) is 3.61. The van der Waals surface area contributed by atoms with Crippen LogP contribution in [0.4, 0.5) is 0 Å². The molecule has 2 atom stereocenters. The topological polar surface area (TPSA) is 76.7 Å². The van der Waals surface area contributed by atoms with Gasteiger partial charge in [-0.3, -0.25) is 14.5 Å². The summed E-state index contributed by atoms with van der Waals surface area (Å²) in [5.41, 5.74) is 7.31. The van der Waals surface area contributed by atoms with E-state index in [-0.39, 0.29) is 29.9 Å². The van der Waals surface area contributed by atoms with E-state index in [1.54, 1.807) is 0 Å². The van der Waals surface area contributed by atoms with E-state index >= 15 is 0 Å². The molecule has 0 aliphatic carbocycles. The fourth-order valence-electron chi connectivity index (χ4n) is 3.60. The van der Waals surface area contributed by atoms with Gasteiger partial charge in [0.05, 0.1) is 6.54 Å². The fraction of sp³-hybridized carbons (Fsp3) is 0.579. The van der Waals surface area contributed by atoms with Crippen LogP contribution >= 0.6 is 11.6 Å². The van der Waals surface area contributed by atoms with Crippen molar-refractivity contribution >= 4 is 23.4 Å². The van der Waals surface area contributed by atoms with Crippen LogP contribution in [0, 0.1) is 0 Å². The van der Waals surface area contributed by atoms with Gasteiger partial charge in [-0.05, 0) is 31.9 Å². The van der Waals surface area contributed by atoms with Crippen molar-refractivity contribution in [1.82, 2.24) is 26.0 Å². The molecule has 148 valence electrons. The van der Waals surface area contributed by atoms with E-state index in [0.717, 1.165) is 5.56 Å². The Labute approximate surface area is 165 Å². The third-order valence-electron chi connectivity index (χ3n) is 4.98. The summed E-state index contributed by atoms with van der Waals surface area (Å²) in [6.45, 7) is 7.00. The molecule has 27 heavy (non-hydrogen) atoms. The molecule has 0 radical (unpaired) electrons. The van der Waals surface area contributed by atoms with Crippen molar-refractivity contribution in [1.29, 1.82) is 0 Å². The fourth-order valence-corrected chi connectivity index (χ4v) is 3.86. The summed E-state index contributed by atoms with van der Waals surface area (Å²) in [6, 6.07) is 7.60. The molecule has 2 heterocycles. The van der Waals surface area contributed by atoms with Crippen molar-refractivity contribution in [2.45, 2.75) is 38.4 Å². The smallest absolute Gasteiger partial charge is 0.241 e. The second-order valence-corrected chi connectivity index (χ2v) is 7.88. The Hall–Kier alpha value is -1.67. The molecule has 3 N–H and O–H groups in total. The third kappa shape index (κ3) is 5.19. The Morgan fingerprint density at radius 2 is 1.89 bits per heavy atom. The molecule has 2 aliphatic rings. The van der Waals surface area contributed by atoms with Crippen LogP contribution in [0.1, 0.15) is 31.9 Å². The number of rotatable bonds is 5. The van der Waals surface area contributed by atoms with Crippen molar-refractivity contribution < 1.29 is 9.59 Å². The lowest BCUT2D eigenvalue weighted by Gasteiger charge is -2.35. The first-order valence-electron chi connectivity index (χ1n) is 9.50. The van der Waals surface area contributed by atoms with Gasteiger partial charge in [0.15, 0.2) is 0 Å². The van der Waals surface area contributed by atoms with Crippen molar-refractivity contribution in [3.8, 4) is 0 Å². The number of nitrogens with zero attached hydrogens (tertiary/aromatic N) is 2. The Kier molecular flexibility index (Phi) is 6.70. The maximum Gasteiger partial charge on any atom is 0.241 e. The normalized spacial score (nSPS) is 23.6. The highest BCUT2D eigenvalue weighted by Gasteiger charge is 2.34. The van der Waals surface area contributed by atoms with Crippen LogP contribution in [-0.4, -0.2) is 66.4 Å². The van der Waals surface area contributed by atoms with Gasteiger partial charge in [-0.2, -0.15) is 0 Å². The maximum absolute atomic E-state index is 12.8. The van der Waals surface area contributed by atoms with E-state index in [2.05, 4.69) is 21.1 Å². The number of hydrogen-bond donors (Lipinski definition) is 3. The number of piperazine rings is 1. The quantitative estimate of drug-likeness (QED) is 0.693. The van der Waals surface area contributed by atoms with E-state index in [0.29, 0.717) is 44.2 Å². The van der Waals surface area contributed by atoms with Gasteiger partial charge in [0.2, 0.25) is 11.8 Å². The van der Waals surface area contributed by atoms with Gasteiger partial charge in [-0.25, -0.2) is 10.9 Å². The minimum Gasteiger partial charge on any atom is -0.353 e. The Balaban J connectivity index is 1.47. The molecular weight excluding hydrogens is 366 g/mol. The van der Waals surface area contributed by atoms with Crippen molar-refractivity contribution in [2.75, 3.05) is 32.7 Å². The highest BCUT2D eigenvalue weighted by atomic mass is 35.5. The number of hydrazine groups is 1. The van der Waals surface area contributed by atoms with Crippen LogP contribution in [-0.2, 0) is 9.59 Å². The zero-order chi connectivity index (χ0) is 19.4. The van der Waals surface area contributed by atoms with Gasteiger partial charge in [0.25, 0.3) is 0 Å². The molecule has 0 aromatic heterocycles. The van der Waals surface area contributed by atoms with Crippen LogP contribution in [0.5, 0.6) is 0 Å². The van der Waals surface area contributed by atoms with Gasteiger partial charge >= 0.3 is 0 Å². The summed E-state index contributed by atoms with van der Waals surface area (Å²) in [7, 11) is 0. The van der Waals surface area contributed by atoms with Gasteiger partial charge in [-0.1, -0.05) is 29.8 Å². The lowest BCUT2D eigenvalue weighted by Crippen LogP contribution is -2.55. The average molecular weight is 394 g/mol. The zero-order valence-electron chi connectivity index (χ0n) is 15.9. The van der Waals surface area contributed by atoms with Crippen LogP contribution in [0.15, 0.2) is 24.3 Å². The van der Waals surface area contributed by atoms with Gasteiger partial charge in [0, 0.05) is 43.3 Å². The number of hydrogen-bond acceptors (Lipinski definition) is 5. The number of carbonyl (C=O) groups excluding carboxylic acids is 2. The standard InChI is InChI=1S/C19H28ClN5O2/c1-13(2)21-18(26)12-24-7-9-25(10-8-24)19(27)17-11-16(22-23-17)14-5-3-4-6-15(14)20/h3-6,13,16-17,22-23H,7-12H2,1-2H3,(H,21,26). The molecule has 8 heteroatoms. The molecule has 2 unspecified atom stereocenters. The minimum atomic E-state index is -0.262. The lowest BCUT2D eigenvalue weighted by molar-refractivity contribution is -0.135. The third-order valence-corrected chi connectivity index (χ3v) is 5.33. The molecule has 7 nitrogen and oxygen atoms in total. The van der Waals surface area contributed by atoms with Gasteiger partial charge < -0.3 is 10.2 Å². The van der Waals surface area contributed by atoms with Crippen LogP contribution in [0.25, 0.3) is 0 Å². The monoisotopic (exact) mass is 393 g/mol. The summed E-state index contributed by atoms with van der Waals surface area (Å²) in [5.74, 6) is 0.136. The largest absolute Gasteiger partial charge is 0.353 e. The predicted molar refractivity (Wildman–Crippen MR) is 105 cm³/mol. The van der Waals surface area contributed by atoms with Crippen LogP contribution in [0.2, 0.25) is 5.02 Å². The van der Waals surface area contributed by atoms with E-state index in [1.807, 2.05) is 43.0 Å². The van der Waals surface area contributed by atoms with Crippen LogP contribution in [0.3, 0.4) is 0 Å². The first-order valence-corrected chi connectivity index (χ1v) is 9.88. The number of carbonyl (C=O) groups is 2. The molecule has 0 spiro atoms. The SMILES string of the molecule is CC(C)NC(=O)CN1CCN(C(=O)C2CC(c3ccccc3Cl)NN2)CC1. The Morgan fingerprint density at radius 3 is 2.56 bits per heavy atom. The highest BCUT2D eigenvalue weighted by Crippen LogP contribution is 2.28. The summed E-state index contributed by atoms with van der Waals surface area (Å²) in [6.07, 6.45) is 0.666. The number of benzene rings is 1. The molecule has 0 saturated carbocycles. The maximum atomic E-state index is 12.8. The molecule has 0 bridgehead atoms. The minimum absolute atomic E-state index is 0.0219. The predicted octanol–water partition coefficient (Wildman–Crippen LogP) is 0.916. The molecular formula is C19H28ClN5O2. The molecule has 1 aromatic rings. The number of halogens is 1. The number of amides is 2. The molecule has 2 saturated heterocycles. The molecule has 2 aliphatic heterocycles.